The number of benzene rings is 2. The molecule has 0 spiro atoms. The van der Waals surface area contributed by atoms with Gasteiger partial charge in [-0.25, -0.2) is 14.5 Å². The molecule has 0 atom stereocenters. The molecule has 0 aliphatic heterocycles. The Balaban J connectivity index is 1.67. The number of aryl methyl sites for hydroxylation is 3. The van der Waals surface area contributed by atoms with Gasteiger partial charge in [0.25, 0.3) is 11.8 Å². The summed E-state index contributed by atoms with van der Waals surface area (Å²) in [5.74, 6) is 0.295. The van der Waals surface area contributed by atoms with Gasteiger partial charge >= 0.3 is 0 Å². The second-order valence-corrected chi connectivity index (χ2v) is 10.9. The van der Waals surface area contributed by atoms with Gasteiger partial charge in [0.05, 0.1) is 11.3 Å². The normalized spacial score (nSPS) is 12.4. The Bertz CT molecular complexity index is 1680. The number of hydrogen-bond donors (Lipinski definition) is 4. The molecule has 5 N–H and O–H groups in total. The molecule has 0 fully saturated rings. The maximum atomic E-state index is 13.5. The molecule has 0 saturated heterocycles. The lowest BCUT2D eigenvalue weighted by Crippen LogP contribution is -2.31. The van der Waals surface area contributed by atoms with Crippen LogP contribution in [0.4, 0.5) is 17.2 Å². The molecule has 212 valence electrons. The number of anilines is 2. The number of carbonyl (C=O) groups is 2. The van der Waals surface area contributed by atoms with Crippen LogP contribution in [0.25, 0.3) is 5.52 Å². The molecule has 0 aliphatic rings. The molecule has 0 bridgehead atoms. The van der Waals surface area contributed by atoms with E-state index in [-0.39, 0.29) is 17.2 Å². The number of fused-ring (bicyclic) bond motifs is 1. The maximum absolute atomic E-state index is 13.5. The van der Waals surface area contributed by atoms with Crippen molar-refractivity contribution < 1.29 is 9.59 Å². The van der Waals surface area contributed by atoms with Crippen LogP contribution >= 0.6 is 0 Å². The Morgan fingerprint density at radius 2 is 1.73 bits per heavy atom. The van der Waals surface area contributed by atoms with Crippen LogP contribution in [-0.4, -0.2) is 39.3 Å². The van der Waals surface area contributed by atoms with Gasteiger partial charge in [-0.1, -0.05) is 44.5 Å². The number of carbonyl (C=O) groups excluding carboxylic acids is 2. The van der Waals surface area contributed by atoms with E-state index < -0.39 is 0 Å². The molecule has 2 aromatic carbocycles. The smallest absolute Gasteiger partial charge is 0.256 e. The van der Waals surface area contributed by atoms with E-state index in [1.165, 1.54) is 6.33 Å². The van der Waals surface area contributed by atoms with E-state index in [0.717, 1.165) is 16.7 Å². The van der Waals surface area contributed by atoms with E-state index in [1.54, 1.807) is 36.0 Å². The van der Waals surface area contributed by atoms with Crippen LogP contribution in [0.15, 0.2) is 71.8 Å². The van der Waals surface area contributed by atoms with Crippen molar-refractivity contribution in [1.82, 2.24) is 25.2 Å². The zero-order chi connectivity index (χ0) is 29.9. The van der Waals surface area contributed by atoms with E-state index in [2.05, 4.69) is 31.0 Å². The summed E-state index contributed by atoms with van der Waals surface area (Å²) in [5, 5.41) is 13.2. The van der Waals surface area contributed by atoms with Crippen LogP contribution < -0.4 is 21.7 Å². The van der Waals surface area contributed by atoms with E-state index in [9.17, 15) is 9.59 Å². The highest BCUT2D eigenvalue weighted by Crippen LogP contribution is 2.28. The van der Waals surface area contributed by atoms with Crippen molar-refractivity contribution in [3.05, 3.63) is 94.6 Å². The monoisotopic (exact) mass is 552 g/mol. The number of nitrogens with zero attached hydrogens (tertiary/aromatic N) is 4. The lowest BCUT2D eigenvalue weighted by atomic mass is 9.92. The van der Waals surface area contributed by atoms with Gasteiger partial charge in [0, 0.05) is 41.7 Å². The largest absolute Gasteiger partial charge is 0.401 e. The molecule has 0 saturated carbocycles. The maximum Gasteiger partial charge on any atom is 0.256 e. The summed E-state index contributed by atoms with van der Waals surface area (Å²) in [6.07, 6.45) is 4.77. The summed E-state index contributed by atoms with van der Waals surface area (Å²) in [6.45, 7) is 11.8. The summed E-state index contributed by atoms with van der Waals surface area (Å²) < 4.78 is 1.61. The van der Waals surface area contributed by atoms with Crippen LogP contribution in [0.1, 0.15) is 58.2 Å². The van der Waals surface area contributed by atoms with Gasteiger partial charge in [0.15, 0.2) is 5.82 Å². The predicted octanol–water partition coefficient (Wildman–Crippen LogP) is 5.11. The molecular formula is C31H36N8O2. The van der Waals surface area contributed by atoms with Gasteiger partial charge in [0.2, 0.25) is 0 Å². The minimum absolute atomic E-state index is 0.210. The summed E-state index contributed by atoms with van der Waals surface area (Å²) in [5.41, 5.74) is 12.3. The number of amides is 2. The van der Waals surface area contributed by atoms with Gasteiger partial charge in [-0.05, 0) is 56.2 Å². The Labute approximate surface area is 239 Å². The standard InChI is InChI=1S/C31H36N8O2/c1-18-8-12-22(13-9-18)36-26(15-25(32)31(4,5)6)38-29(40)21-11-10-19(2)24(14-21)37-28-27-20(3)23(30(41)33-7)16-39(27)35-17-34-28/h8-17H,32H2,1-7H3,(H,33,41)(H,34,35,37)(H,36,38,40). The summed E-state index contributed by atoms with van der Waals surface area (Å²) in [6, 6.07) is 13.0. The van der Waals surface area contributed by atoms with Gasteiger partial charge in [-0.3, -0.25) is 9.59 Å². The second kappa shape index (κ2) is 11.6. The van der Waals surface area contributed by atoms with E-state index in [0.29, 0.717) is 45.4 Å². The minimum atomic E-state index is -0.342. The van der Waals surface area contributed by atoms with Gasteiger partial charge in [-0.2, -0.15) is 5.10 Å². The zero-order valence-electron chi connectivity index (χ0n) is 24.5. The summed E-state index contributed by atoms with van der Waals surface area (Å²) in [4.78, 5) is 34.9. The minimum Gasteiger partial charge on any atom is -0.401 e. The highest BCUT2D eigenvalue weighted by atomic mass is 16.2. The average molecular weight is 553 g/mol. The molecule has 10 heteroatoms. The fourth-order valence-corrected chi connectivity index (χ4v) is 4.05. The van der Waals surface area contributed by atoms with Crippen molar-refractivity contribution in [2.24, 2.45) is 16.1 Å². The zero-order valence-corrected chi connectivity index (χ0v) is 24.5. The topological polar surface area (TPSA) is 139 Å². The highest BCUT2D eigenvalue weighted by Gasteiger charge is 2.19. The number of amidine groups is 1. The van der Waals surface area contributed by atoms with Crippen molar-refractivity contribution in [3.8, 4) is 0 Å². The Morgan fingerprint density at radius 3 is 2.39 bits per heavy atom. The predicted molar refractivity (Wildman–Crippen MR) is 163 cm³/mol. The molecule has 2 heterocycles. The fraction of sp³-hybridized carbons (Fsp3) is 0.258. The van der Waals surface area contributed by atoms with Crippen LogP contribution in [-0.2, 0) is 0 Å². The molecule has 0 radical (unpaired) electrons. The first kappa shape index (κ1) is 29.0. The third-order valence-electron chi connectivity index (χ3n) is 6.73. The fourth-order valence-electron chi connectivity index (χ4n) is 4.05. The van der Waals surface area contributed by atoms with Crippen LogP contribution in [0, 0.1) is 26.2 Å². The molecule has 2 amide bonds. The Kier molecular flexibility index (Phi) is 8.23. The van der Waals surface area contributed by atoms with Crippen LogP contribution in [0.5, 0.6) is 0 Å². The third kappa shape index (κ3) is 6.60. The van der Waals surface area contributed by atoms with Gasteiger partial charge in [-0.15, -0.1) is 0 Å². The summed E-state index contributed by atoms with van der Waals surface area (Å²) in [7, 11) is 1.58. The number of hydrogen-bond acceptors (Lipinski definition) is 7. The van der Waals surface area contributed by atoms with E-state index >= 15 is 0 Å². The third-order valence-corrected chi connectivity index (χ3v) is 6.73. The first-order valence-corrected chi connectivity index (χ1v) is 13.2. The van der Waals surface area contributed by atoms with Crippen molar-refractivity contribution in [2.75, 3.05) is 12.4 Å². The molecule has 0 aliphatic carbocycles. The molecule has 4 aromatic rings. The number of nitrogens with one attached hydrogen (secondary N) is 3. The average Bonchev–Trinajstić information content (AvgIpc) is 3.27. The number of rotatable bonds is 6. The molecule has 4 rings (SSSR count). The molecule has 41 heavy (non-hydrogen) atoms. The van der Waals surface area contributed by atoms with E-state index in [4.69, 9.17) is 5.73 Å². The molecule has 10 nitrogen and oxygen atoms in total. The van der Waals surface area contributed by atoms with Crippen LogP contribution in [0.3, 0.4) is 0 Å². The van der Waals surface area contributed by atoms with Crippen LogP contribution in [0.2, 0.25) is 0 Å². The van der Waals surface area contributed by atoms with Crippen molar-refractivity contribution >= 4 is 40.4 Å². The van der Waals surface area contributed by atoms with Gasteiger partial charge < -0.3 is 21.7 Å². The number of allylic oxidation sites excluding steroid dienone is 1. The summed E-state index contributed by atoms with van der Waals surface area (Å²) >= 11 is 0. The molecular weight excluding hydrogens is 516 g/mol. The number of nitrogens with two attached hydrogens (primary N) is 1. The highest BCUT2D eigenvalue weighted by molar-refractivity contribution is 6.11. The lowest BCUT2D eigenvalue weighted by molar-refractivity contribution is 0.0959. The quantitative estimate of drug-likeness (QED) is 0.194. The SMILES string of the molecule is CNC(=O)c1cn2ncnc(Nc3cc(C(=O)NC(C=C(N)C(C)(C)C)=Nc4ccc(C)cc4)ccc3C)c2c1C. The van der Waals surface area contributed by atoms with Gasteiger partial charge in [0.1, 0.15) is 17.7 Å². The lowest BCUT2D eigenvalue weighted by Gasteiger charge is -2.19. The number of aliphatic imine (C=N–C) groups is 1. The van der Waals surface area contributed by atoms with Crippen molar-refractivity contribution in [2.45, 2.75) is 41.5 Å². The first-order chi connectivity index (χ1) is 19.4. The Hall–Kier alpha value is -4.99. The molecule has 0 unspecified atom stereocenters. The van der Waals surface area contributed by atoms with Crippen molar-refractivity contribution in [1.29, 1.82) is 0 Å². The number of aromatic nitrogens is 3. The van der Waals surface area contributed by atoms with E-state index in [1.807, 2.05) is 71.9 Å². The molecule has 2 aromatic heterocycles. The Morgan fingerprint density at radius 1 is 1.02 bits per heavy atom. The second-order valence-electron chi connectivity index (χ2n) is 10.9. The first-order valence-electron chi connectivity index (χ1n) is 13.2. The van der Waals surface area contributed by atoms with Crippen molar-refractivity contribution in [3.63, 3.8) is 0 Å².